The molecule has 1 heteroatoms. The van der Waals surface area contributed by atoms with E-state index in [9.17, 15) is 0 Å². The zero-order valence-corrected chi connectivity index (χ0v) is 11.3. The molecule has 2 aliphatic carbocycles. The molecule has 2 rings (SSSR count). The first-order chi connectivity index (χ1) is 7.55. The molecule has 16 heavy (non-hydrogen) atoms. The molecule has 1 nitrogen and oxygen atoms in total. The predicted molar refractivity (Wildman–Crippen MR) is 71.1 cm³/mol. The first kappa shape index (κ1) is 12.1. The average Bonchev–Trinajstić information content (AvgIpc) is 2.15. The first-order valence-corrected chi connectivity index (χ1v) is 7.11. The van der Waals surface area contributed by atoms with Gasteiger partial charge in [0.25, 0.3) is 0 Å². The second-order valence-corrected chi connectivity index (χ2v) is 6.84. The molecular weight excluding hydrogens is 194 g/mol. The summed E-state index contributed by atoms with van der Waals surface area (Å²) in [5.41, 5.74) is 2.01. The largest absolute Gasteiger partial charge is 0.291 e. The molecule has 0 heterocycles. The van der Waals surface area contributed by atoms with Gasteiger partial charge in [-0.2, -0.15) is 0 Å². The van der Waals surface area contributed by atoms with Crippen LogP contribution in [0.25, 0.3) is 0 Å². The normalized spacial score (nSPS) is 34.2. The van der Waals surface area contributed by atoms with Gasteiger partial charge in [0.1, 0.15) is 0 Å². The van der Waals surface area contributed by atoms with E-state index < -0.39 is 0 Å². The highest BCUT2D eigenvalue weighted by atomic mass is 14.8. The second kappa shape index (κ2) is 4.89. The van der Waals surface area contributed by atoms with E-state index >= 15 is 0 Å². The maximum atomic E-state index is 5.06. The van der Waals surface area contributed by atoms with E-state index in [2.05, 4.69) is 20.8 Å². The summed E-state index contributed by atoms with van der Waals surface area (Å²) in [5.74, 6) is 0.839. The zero-order valence-electron chi connectivity index (χ0n) is 11.3. The fourth-order valence-electron chi connectivity index (χ4n) is 3.68. The van der Waals surface area contributed by atoms with Gasteiger partial charge in [-0.05, 0) is 43.4 Å². The van der Waals surface area contributed by atoms with E-state index in [0.29, 0.717) is 11.5 Å². The summed E-state index contributed by atoms with van der Waals surface area (Å²) in [4.78, 5) is 5.06. The molecule has 0 aliphatic heterocycles. The van der Waals surface area contributed by atoms with Crippen molar-refractivity contribution >= 4 is 5.71 Å². The van der Waals surface area contributed by atoms with Gasteiger partial charge in [0.2, 0.25) is 0 Å². The molecule has 0 spiro atoms. The predicted octanol–water partition coefficient (Wildman–Crippen LogP) is 4.61. The summed E-state index contributed by atoms with van der Waals surface area (Å²) in [6.07, 6.45) is 10.8. The smallest absolute Gasteiger partial charge is 0.0499 e. The Morgan fingerprint density at radius 1 is 1.12 bits per heavy atom. The van der Waals surface area contributed by atoms with Gasteiger partial charge in [0, 0.05) is 11.8 Å². The average molecular weight is 221 g/mol. The summed E-state index contributed by atoms with van der Waals surface area (Å²) in [6.45, 7) is 7.19. The third-order valence-electron chi connectivity index (χ3n) is 4.11. The van der Waals surface area contributed by atoms with Gasteiger partial charge >= 0.3 is 0 Å². The summed E-state index contributed by atoms with van der Waals surface area (Å²) in [5, 5.41) is 0. The van der Waals surface area contributed by atoms with Crippen molar-refractivity contribution in [3.05, 3.63) is 0 Å². The van der Waals surface area contributed by atoms with E-state index in [1.807, 2.05) is 0 Å². The number of rotatable bonds is 1. The van der Waals surface area contributed by atoms with Gasteiger partial charge in [0.05, 0.1) is 0 Å². The number of aliphatic imine (C=N–C) groups is 1. The molecule has 0 saturated heterocycles. The summed E-state index contributed by atoms with van der Waals surface area (Å²) >= 11 is 0. The van der Waals surface area contributed by atoms with E-state index in [-0.39, 0.29) is 0 Å². The van der Waals surface area contributed by atoms with Crippen LogP contribution in [0.4, 0.5) is 0 Å². The van der Waals surface area contributed by atoms with Gasteiger partial charge in [-0.3, -0.25) is 4.99 Å². The molecule has 0 bridgehead atoms. The van der Waals surface area contributed by atoms with Crippen molar-refractivity contribution in [2.24, 2.45) is 16.3 Å². The van der Waals surface area contributed by atoms with Gasteiger partial charge < -0.3 is 0 Å². The third-order valence-corrected chi connectivity index (χ3v) is 4.11. The molecule has 2 fully saturated rings. The Bertz CT molecular complexity index is 259. The number of hydrogen-bond donors (Lipinski definition) is 0. The summed E-state index contributed by atoms with van der Waals surface area (Å²) < 4.78 is 0. The monoisotopic (exact) mass is 221 g/mol. The van der Waals surface area contributed by atoms with E-state index in [1.54, 1.807) is 0 Å². The van der Waals surface area contributed by atoms with E-state index in [0.717, 1.165) is 5.92 Å². The highest BCUT2D eigenvalue weighted by Crippen LogP contribution is 2.37. The molecular formula is C15H27N. The Morgan fingerprint density at radius 2 is 1.81 bits per heavy atom. The van der Waals surface area contributed by atoms with Gasteiger partial charge in [-0.25, -0.2) is 0 Å². The first-order valence-electron chi connectivity index (χ1n) is 7.11. The van der Waals surface area contributed by atoms with Crippen LogP contribution >= 0.6 is 0 Å². The lowest BCUT2D eigenvalue weighted by atomic mass is 9.72. The van der Waals surface area contributed by atoms with Crippen molar-refractivity contribution in [1.82, 2.24) is 0 Å². The molecule has 2 saturated carbocycles. The van der Waals surface area contributed by atoms with Crippen molar-refractivity contribution in [3.8, 4) is 0 Å². The molecule has 0 radical (unpaired) electrons. The van der Waals surface area contributed by atoms with Crippen LogP contribution in [0.1, 0.15) is 72.1 Å². The molecule has 0 aromatic rings. The van der Waals surface area contributed by atoms with Crippen LogP contribution in [0, 0.1) is 11.3 Å². The lowest BCUT2D eigenvalue weighted by Crippen LogP contribution is -2.29. The lowest BCUT2D eigenvalue weighted by Gasteiger charge is -2.35. The summed E-state index contributed by atoms with van der Waals surface area (Å²) in [7, 11) is 0. The van der Waals surface area contributed by atoms with Crippen LogP contribution in [-0.2, 0) is 0 Å². The van der Waals surface area contributed by atoms with Crippen LogP contribution in [0.3, 0.4) is 0 Å². The minimum absolute atomic E-state index is 0.491. The molecule has 2 aliphatic rings. The van der Waals surface area contributed by atoms with Gasteiger partial charge in [0.15, 0.2) is 0 Å². The molecule has 1 atom stereocenters. The molecule has 0 aromatic heterocycles. The SMILES string of the molecule is CC1CC(=NC2CCCCC2)CC(C)(C)C1. The van der Waals surface area contributed by atoms with Crippen molar-refractivity contribution in [2.45, 2.75) is 78.2 Å². The topological polar surface area (TPSA) is 12.4 Å². The Kier molecular flexibility index (Phi) is 3.71. The van der Waals surface area contributed by atoms with E-state index in [1.165, 1.54) is 57.1 Å². The van der Waals surface area contributed by atoms with Gasteiger partial charge in [-0.1, -0.05) is 40.0 Å². The molecule has 0 aromatic carbocycles. The Balaban J connectivity index is 1.99. The molecule has 1 unspecified atom stereocenters. The molecule has 0 amide bonds. The second-order valence-electron chi connectivity index (χ2n) is 6.84. The van der Waals surface area contributed by atoms with Crippen LogP contribution in [-0.4, -0.2) is 11.8 Å². The maximum absolute atomic E-state index is 5.06. The van der Waals surface area contributed by atoms with Crippen LogP contribution in [0.2, 0.25) is 0 Å². The molecule has 0 N–H and O–H groups in total. The Morgan fingerprint density at radius 3 is 2.44 bits per heavy atom. The fraction of sp³-hybridized carbons (Fsp3) is 0.933. The minimum Gasteiger partial charge on any atom is -0.291 e. The van der Waals surface area contributed by atoms with Crippen molar-refractivity contribution in [1.29, 1.82) is 0 Å². The Labute approximate surface area is 101 Å². The van der Waals surface area contributed by atoms with Crippen molar-refractivity contribution in [2.75, 3.05) is 0 Å². The third kappa shape index (κ3) is 3.33. The van der Waals surface area contributed by atoms with Crippen LogP contribution in [0.5, 0.6) is 0 Å². The highest BCUT2D eigenvalue weighted by molar-refractivity contribution is 5.86. The number of hydrogen-bond acceptors (Lipinski definition) is 1. The summed E-state index contributed by atoms with van der Waals surface area (Å²) in [6, 6.07) is 0.671. The van der Waals surface area contributed by atoms with Crippen molar-refractivity contribution < 1.29 is 0 Å². The standard InChI is InChI=1S/C15H27N/c1-12-9-14(11-15(2,3)10-12)16-13-7-5-4-6-8-13/h12-13H,4-11H2,1-3H3. The highest BCUT2D eigenvalue weighted by Gasteiger charge is 2.29. The minimum atomic E-state index is 0.491. The quantitative estimate of drug-likeness (QED) is 0.613. The zero-order chi connectivity index (χ0) is 11.6. The van der Waals surface area contributed by atoms with Crippen LogP contribution < -0.4 is 0 Å². The maximum Gasteiger partial charge on any atom is 0.0499 e. The molecule has 92 valence electrons. The lowest BCUT2D eigenvalue weighted by molar-refractivity contribution is 0.264. The number of nitrogens with zero attached hydrogens (tertiary/aromatic N) is 1. The van der Waals surface area contributed by atoms with Crippen LogP contribution in [0.15, 0.2) is 4.99 Å². The van der Waals surface area contributed by atoms with E-state index in [4.69, 9.17) is 4.99 Å². The fourth-order valence-corrected chi connectivity index (χ4v) is 3.68. The van der Waals surface area contributed by atoms with Crippen molar-refractivity contribution in [3.63, 3.8) is 0 Å². The Hall–Kier alpha value is -0.330. The van der Waals surface area contributed by atoms with Gasteiger partial charge in [-0.15, -0.1) is 0 Å².